The Morgan fingerprint density at radius 3 is 2.84 bits per heavy atom. The van der Waals surface area contributed by atoms with Gasteiger partial charge in [0.1, 0.15) is 17.4 Å². The van der Waals surface area contributed by atoms with E-state index in [4.69, 9.17) is 16.0 Å². The van der Waals surface area contributed by atoms with Gasteiger partial charge < -0.3 is 14.6 Å². The Bertz CT molecular complexity index is 1270. The number of hydrogen-bond donors (Lipinski definition) is 1. The minimum atomic E-state index is -0.287. The number of likely N-dealkylation sites (tertiary alicyclic amines) is 1. The molecule has 1 atom stereocenters. The monoisotopic (exact) mass is 435 g/mol. The first-order valence-corrected chi connectivity index (χ1v) is 10.4. The summed E-state index contributed by atoms with van der Waals surface area (Å²) in [5, 5.41) is 3.44. The molecule has 156 valence electrons. The lowest BCUT2D eigenvalue weighted by Gasteiger charge is -2.22. The van der Waals surface area contributed by atoms with Crippen LogP contribution in [0.2, 0.25) is 5.02 Å². The van der Waals surface area contributed by atoms with E-state index >= 15 is 0 Å². The van der Waals surface area contributed by atoms with E-state index < -0.39 is 0 Å². The van der Waals surface area contributed by atoms with Crippen LogP contribution in [0.3, 0.4) is 0 Å². The van der Waals surface area contributed by atoms with Gasteiger partial charge in [0, 0.05) is 22.8 Å². The predicted molar refractivity (Wildman–Crippen MR) is 119 cm³/mol. The van der Waals surface area contributed by atoms with Crippen molar-refractivity contribution in [3.8, 4) is 11.1 Å². The maximum absolute atomic E-state index is 14.2. The van der Waals surface area contributed by atoms with Crippen molar-refractivity contribution >= 4 is 34.4 Å². The molecule has 31 heavy (non-hydrogen) atoms. The Labute approximate surface area is 183 Å². The number of aromatic nitrogens is 1. The first-order valence-electron chi connectivity index (χ1n) is 10.1. The van der Waals surface area contributed by atoms with Crippen molar-refractivity contribution in [1.29, 1.82) is 0 Å². The van der Waals surface area contributed by atoms with Gasteiger partial charge in [-0.15, -0.1) is 0 Å². The number of carbonyl (C=O) groups excluding carboxylic acids is 1. The highest BCUT2D eigenvalue weighted by Gasteiger charge is 2.33. The molecule has 0 unspecified atom stereocenters. The number of benzene rings is 3. The summed E-state index contributed by atoms with van der Waals surface area (Å²) >= 11 is 6.01. The topological polar surface area (TPSA) is 58.4 Å². The first kappa shape index (κ1) is 19.6. The standard InChI is InChI=1S/C24H19ClFN3O2/c25-16-5-3-6-17(14-16)27-24(30)29-12-4-9-21(29)23-28-20-13-15(10-11-22(20)31-23)18-7-1-2-8-19(18)26/h1-3,5-8,10-11,13-14,21H,4,9,12H2,(H,27,30)/t21-/m1/s1. The van der Waals surface area contributed by atoms with Crippen molar-refractivity contribution in [2.24, 2.45) is 0 Å². The zero-order valence-electron chi connectivity index (χ0n) is 16.5. The summed E-state index contributed by atoms with van der Waals surface area (Å²) in [6, 6.07) is 18.6. The molecule has 2 heterocycles. The van der Waals surface area contributed by atoms with Crippen LogP contribution in [-0.2, 0) is 0 Å². The van der Waals surface area contributed by atoms with Crippen molar-refractivity contribution in [2.45, 2.75) is 18.9 Å². The van der Waals surface area contributed by atoms with Gasteiger partial charge in [0.05, 0.1) is 0 Å². The Morgan fingerprint density at radius 2 is 2.00 bits per heavy atom. The van der Waals surface area contributed by atoms with E-state index in [1.54, 1.807) is 53.4 Å². The highest BCUT2D eigenvalue weighted by Crippen LogP contribution is 2.35. The summed E-state index contributed by atoms with van der Waals surface area (Å²) in [4.78, 5) is 19.2. The summed E-state index contributed by atoms with van der Waals surface area (Å²) in [7, 11) is 0. The van der Waals surface area contributed by atoms with Gasteiger partial charge in [0.15, 0.2) is 5.58 Å². The van der Waals surface area contributed by atoms with Crippen LogP contribution < -0.4 is 5.32 Å². The van der Waals surface area contributed by atoms with Crippen molar-refractivity contribution in [3.63, 3.8) is 0 Å². The molecule has 1 fully saturated rings. The SMILES string of the molecule is O=C(Nc1cccc(Cl)c1)N1CCC[C@@H]1c1nc2cc(-c3ccccc3F)ccc2o1. The third-order valence-electron chi connectivity index (χ3n) is 5.46. The fraction of sp³-hybridized carbons (Fsp3) is 0.167. The minimum Gasteiger partial charge on any atom is -0.438 e. The Balaban J connectivity index is 1.41. The zero-order chi connectivity index (χ0) is 21.4. The molecule has 1 aromatic heterocycles. The van der Waals surface area contributed by atoms with E-state index in [0.29, 0.717) is 39.8 Å². The Morgan fingerprint density at radius 1 is 1.13 bits per heavy atom. The van der Waals surface area contributed by atoms with Gasteiger partial charge >= 0.3 is 6.03 Å². The van der Waals surface area contributed by atoms with E-state index in [1.807, 2.05) is 12.1 Å². The second-order valence-electron chi connectivity index (χ2n) is 7.51. The molecule has 1 saturated heterocycles. The molecule has 2 amide bonds. The molecule has 5 nitrogen and oxygen atoms in total. The Hall–Kier alpha value is -3.38. The summed E-state index contributed by atoms with van der Waals surface area (Å²) in [5.74, 6) is 0.199. The van der Waals surface area contributed by atoms with Crippen LogP contribution in [0, 0.1) is 5.82 Å². The molecule has 0 saturated carbocycles. The Kier molecular flexibility index (Phi) is 5.08. The average Bonchev–Trinajstić information content (AvgIpc) is 3.40. The molecule has 1 aliphatic rings. The van der Waals surface area contributed by atoms with Gasteiger partial charge in [-0.1, -0.05) is 41.9 Å². The smallest absolute Gasteiger partial charge is 0.322 e. The lowest BCUT2D eigenvalue weighted by Crippen LogP contribution is -2.34. The fourth-order valence-electron chi connectivity index (χ4n) is 3.98. The second-order valence-corrected chi connectivity index (χ2v) is 7.94. The van der Waals surface area contributed by atoms with Gasteiger partial charge in [-0.3, -0.25) is 0 Å². The van der Waals surface area contributed by atoms with Gasteiger partial charge in [-0.2, -0.15) is 0 Å². The van der Waals surface area contributed by atoms with Crippen LogP contribution in [0.15, 0.2) is 71.1 Å². The summed E-state index contributed by atoms with van der Waals surface area (Å²) in [5.41, 5.74) is 3.12. The number of fused-ring (bicyclic) bond motifs is 1. The molecular formula is C24H19ClFN3O2. The molecule has 1 N–H and O–H groups in total. The molecule has 7 heteroatoms. The van der Waals surface area contributed by atoms with Crippen molar-refractivity contribution in [1.82, 2.24) is 9.88 Å². The van der Waals surface area contributed by atoms with Crippen LogP contribution >= 0.6 is 11.6 Å². The highest BCUT2D eigenvalue weighted by molar-refractivity contribution is 6.30. The average molecular weight is 436 g/mol. The number of amides is 2. The zero-order valence-corrected chi connectivity index (χ0v) is 17.3. The maximum Gasteiger partial charge on any atom is 0.322 e. The maximum atomic E-state index is 14.2. The first-order chi connectivity index (χ1) is 15.1. The molecule has 0 aliphatic carbocycles. The summed E-state index contributed by atoms with van der Waals surface area (Å²) < 4.78 is 20.1. The second kappa shape index (κ2) is 8.04. The van der Waals surface area contributed by atoms with Crippen molar-refractivity contribution in [2.75, 3.05) is 11.9 Å². The van der Waals surface area contributed by atoms with E-state index in [2.05, 4.69) is 10.3 Å². The van der Waals surface area contributed by atoms with Crippen molar-refractivity contribution in [3.05, 3.63) is 83.5 Å². The minimum absolute atomic E-state index is 0.223. The van der Waals surface area contributed by atoms with Gasteiger partial charge in [-0.05, 0) is 54.8 Å². The quantitative estimate of drug-likeness (QED) is 0.391. The van der Waals surface area contributed by atoms with Gasteiger partial charge in [0.25, 0.3) is 0 Å². The number of anilines is 1. The number of nitrogens with one attached hydrogen (secondary N) is 1. The molecule has 1 aliphatic heterocycles. The largest absolute Gasteiger partial charge is 0.438 e. The van der Waals surface area contributed by atoms with E-state index in [0.717, 1.165) is 18.4 Å². The van der Waals surface area contributed by atoms with Crippen LogP contribution in [0.4, 0.5) is 14.9 Å². The molecule has 0 bridgehead atoms. The number of nitrogens with zero attached hydrogens (tertiary/aromatic N) is 2. The molecule has 3 aromatic carbocycles. The lowest BCUT2D eigenvalue weighted by atomic mass is 10.0. The third-order valence-corrected chi connectivity index (χ3v) is 5.70. The van der Waals surface area contributed by atoms with E-state index in [-0.39, 0.29) is 17.9 Å². The molecule has 5 rings (SSSR count). The lowest BCUT2D eigenvalue weighted by molar-refractivity contribution is 0.199. The fourth-order valence-corrected chi connectivity index (χ4v) is 4.17. The van der Waals surface area contributed by atoms with E-state index in [9.17, 15) is 9.18 Å². The number of urea groups is 1. The number of halogens is 2. The number of rotatable bonds is 3. The summed E-state index contributed by atoms with van der Waals surface area (Å²) in [6.07, 6.45) is 1.61. The van der Waals surface area contributed by atoms with Gasteiger partial charge in [0.2, 0.25) is 5.89 Å². The van der Waals surface area contributed by atoms with Gasteiger partial charge in [-0.25, -0.2) is 14.2 Å². The summed E-state index contributed by atoms with van der Waals surface area (Å²) in [6.45, 7) is 0.607. The highest BCUT2D eigenvalue weighted by atomic mass is 35.5. The molecule has 4 aromatic rings. The third kappa shape index (κ3) is 3.86. The number of hydrogen-bond acceptors (Lipinski definition) is 3. The number of oxazole rings is 1. The van der Waals surface area contributed by atoms with Crippen LogP contribution in [0.5, 0.6) is 0 Å². The molecule has 0 radical (unpaired) electrons. The van der Waals surface area contributed by atoms with Crippen LogP contribution in [0.1, 0.15) is 24.8 Å². The normalized spacial score (nSPS) is 16.1. The molecule has 0 spiro atoms. The van der Waals surface area contributed by atoms with Crippen LogP contribution in [0.25, 0.3) is 22.2 Å². The molecular weight excluding hydrogens is 417 g/mol. The van der Waals surface area contributed by atoms with E-state index in [1.165, 1.54) is 6.07 Å². The van der Waals surface area contributed by atoms with Crippen LogP contribution in [-0.4, -0.2) is 22.5 Å². The van der Waals surface area contributed by atoms with Crippen molar-refractivity contribution < 1.29 is 13.6 Å². The number of carbonyl (C=O) groups is 1. The predicted octanol–water partition coefficient (Wildman–Crippen LogP) is 6.66.